The number of rotatable bonds is 22. The van der Waals surface area contributed by atoms with Crippen molar-refractivity contribution in [3.63, 3.8) is 0 Å². The molecule has 1 heterocycles. The predicted molar refractivity (Wildman–Crippen MR) is 137 cm³/mol. The van der Waals surface area contributed by atoms with E-state index in [1.807, 2.05) is 0 Å². The van der Waals surface area contributed by atoms with E-state index in [0.717, 1.165) is 17.6 Å². The Kier molecular flexibility index (Phi) is 18.1. The van der Waals surface area contributed by atoms with Crippen LogP contribution in [0.1, 0.15) is 129 Å². The van der Waals surface area contributed by atoms with E-state index in [4.69, 9.17) is 0 Å². The lowest BCUT2D eigenvalue weighted by molar-refractivity contribution is -0.900. The molecule has 3 heteroatoms. The molecule has 1 rings (SSSR count). The van der Waals surface area contributed by atoms with Crippen LogP contribution in [0.2, 0.25) is 0 Å². The molecule has 0 saturated carbocycles. The molecule has 182 valence electrons. The van der Waals surface area contributed by atoms with E-state index < -0.39 is 0 Å². The molecule has 0 saturated heterocycles. The first-order chi connectivity index (χ1) is 15.3. The lowest BCUT2D eigenvalue weighted by Gasteiger charge is -2.36. The third-order valence-corrected chi connectivity index (χ3v) is 7.13. The summed E-state index contributed by atoms with van der Waals surface area (Å²) in [4.78, 5) is 0. The second-order valence-corrected chi connectivity index (χ2v) is 9.65. The molecule has 0 fully saturated rings. The molecule has 0 amide bonds. The van der Waals surface area contributed by atoms with E-state index in [0.29, 0.717) is 6.17 Å². The number of aliphatic hydroxyl groups excluding tert-OH is 1. The van der Waals surface area contributed by atoms with Gasteiger partial charge in [-0.1, -0.05) is 96.1 Å². The van der Waals surface area contributed by atoms with Gasteiger partial charge in [0.15, 0.2) is 6.17 Å². The van der Waals surface area contributed by atoms with Crippen molar-refractivity contribution >= 4 is 0 Å². The molecule has 0 radical (unpaired) electrons. The average Bonchev–Trinajstić information content (AvgIpc) is 3.18. The second-order valence-electron chi connectivity index (χ2n) is 9.65. The zero-order valence-corrected chi connectivity index (χ0v) is 21.1. The first-order valence-electron chi connectivity index (χ1n) is 13.8. The highest BCUT2D eigenvalue weighted by Crippen LogP contribution is 2.22. The minimum Gasteiger partial charge on any atom is -0.390 e. The van der Waals surface area contributed by atoms with Gasteiger partial charge in [-0.05, 0) is 39.0 Å². The maximum atomic E-state index is 9.39. The molecule has 0 bridgehead atoms. The van der Waals surface area contributed by atoms with Gasteiger partial charge in [0.2, 0.25) is 0 Å². The van der Waals surface area contributed by atoms with Crippen molar-refractivity contribution in [2.45, 2.75) is 136 Å². The van der Waals surface area contributed by atoms with Crippen LogP contribution in [0.25, 0.3) is 0 Å². The van der Waals surface area contributed by atoms with Gasteiger partial charge in [0.05, 0.1) is 19.4 Å². The van der Waals surface area contributed by atoms with Gasteiger partial charge in [0.25, 0.3) is 0 Å². The fraction of sp³-hybridized carbons (Fsp3) is 0.857. The number of hydrogen-bond donors (Lipinski definition) is 2. The van der Waals surface area contributed by atoms with Crippen LogP contribution in [0.4, 0.5) is 0 Å². The lowest BCUT2D eigenvalue weighted by atomic mass is 10.0. The van der Waals surface area contributed by atoms with Gasteiger partial charge < -0.3 is 10.4 Å². The van der Waals surface area contributed by atoms with E-state index in [1.54, 1.807) is 0 Å². The smallest absolute Gasteiger partial charge is 0.166 e. The number of nitrogens with zero attached hydrogens (tertiary/aromatic N) is 1. The van der Waals surface area contributed by atoms with E-state index in [-0.39, 0.29) is 6.61 Å². The van der Waals surface area contributed by atoms with Crippen LogP contribution in [0, 0.1) is 0 Å². The zero-order chi connectivity index (χ0) is 22.5. The first-order valence-corrected chi connectivity index (χ1v) is 13.8. The maximum Gasteiger partial charge on any atom is 0.166 e. The number of likely N-dealkylation sites (N-methyl/N-ethyl adjacent to an activating group) is 1. The summed E-state index contributed by atoms with van der Waals surface area (Å²) in [6.07, 6.45) is 34.4. The number of quaternary nitrogens is 1. The molecule has 2 N–H and O–H groups in total. The van der Waals surface area contributed by atoms with Gasteiger partial charge in [-0.3, -0.25) is 4.48 Å². The maximum absolute atomic E-state index is 9.39. The summed E-state index contributed by atoms with van der Waals surface area (Å²) < 4.78 is 0.898. The van der Waals surface area contributed by atoms with Crippen molar-refractivity contribution in [3.8, 4) is 0 Å². The Morgan fingerprint density at radius 1 is 0.742 bits per heavy atom. The average molecular weight is 436 g/mol. The molecular formula is C28H55N2O+. The van der Waals surface area contributed by atoms with Crippen LogP contribution in [0.5, 0.6) is 0 Å². The number of allylic oxidation sites excluding steroid dienone is 2. The van der Waals surface area contributed by atoms with Gasteiger partial charge >= 0.3 is 0 Å². The summed E-state index contributed by atoms with van der Waals surface area (Å²) >= 11 is 0. The normalized spacial score (nSPS) is 20.7. The highest BCUT2D eigenvalue weighted by molar-refractivity contribution is 4.84. The molecule has 2 unspecified atom stereocenters. The van der Waals surface area contributed by atoms with E-state index in [9.17, 15) is 5.11 Å². The van der Waals surface area contributed by atoms with Gasteiger partial charge in [0.1, 0.15) is 12.7 Å². The van der Waals surface area contributed by atoms with Crippen LogP contribution < -0.4 is 5.32 Å². The van der Waals surface area contributed by atoms with Crippen molar-refractivity contribution in [2.24, 2.45) is 0 Å². The van der Waals surface area contributed by atoms with Crippen molar-refractivity contribution in [1.29, 1.82) is 0 Å². The fourth-order valence-electron chi connectivity index (χ4n) is 4.91. The molecule has 0 aromatic carbocycles. The summed E-state index contributed by atoms with van der Waals surface area (Å²) in [5, 5.41) is 12.9. The van der Waals surface area contributed by atoms with Gasteiger partial charge in [-0.2, -0.15) is 0 Å². The molecule has 0 aromatic heterocycles. The third-order valence-electron chi connectivity index (χ3n) is 7.13. The number of unbranched alkanes of at least 4 members (excludes halogenated alkanes) is 15. The minimum absolute atomic E-state index is 0.264. The Hall–Kier alpha value is -0.800. The topological polar surface area (TPSA) is 32.3 Å². The number of aliphatic hydroxyl groups is 1. The Bertz CT molecular complexity index is 448. The van der Waals surface area contributed by atoms with Crippen molar-refractivity contribution < 1.29 is 9.59 Å². The van der Waals surface area contributed by atoms with Crippen LogP contribution >= 0.6 is 0 Å². The number of hydrogen-bond acceptors (Lipinski definition) is 2. The van der Waals surface area contributed by atoms with Crippen molar-refractivity contribution in [2.75, 3.05) is 19.7 Å². The molecule has 1 aliphatic heterocycles. The van der Waals surface area contributed by atoms with Crippen LogP contribution in [0.15, 0.2) is 24.6 Å². The lowest BCUT2D eigenvalue weighted by Crippen LogP contribution is -2.54. The Morgan fingerprint density at radius 3 is 1.77 bits per heavy atom. The third kappa shape index (κ3) is 13.4. The van der Waals surface area contributed by atoms with E-state index in [2.05, 4.69) is 43.7 Å². The summed E-state index contributed by atoms with van der Waals surface area (Å²) in [5.74, 6) is 0. The quantitative estimate of drug-likeness (QED) is 0.103. The number of nitrogens with one attached hydrogen (secondary N) is 1. The van der Waals surface area contributed by atoms with Crippen LogP contribution in [-0.2, 0) is 0 Å². The Balaban J connectivity index is 1.85. The Morgan fingerprint density at radius 2 is 1.26 bits per heavy atom. The van der Waals surface area contributed by atoms with Crippen LogP contribution in [0.3, 0.4) is 0 Å². The summed E-state index contributed by atoms with van der Waals surface area (Å²) in [7, 11) is 0. The van der Waals surface area contributed by atoms with Crippen molar-refractivity contribution in [3.05, 3.63) is 24.6 Å². The highest BCUT2D eigenvalue weighted by atomic mass is 16.3. The molecule has 0 spiro atoms. The monoisotopic (exact) mass is 435 g/mol. The van der Waals surface area contributed by atoms with Gasteiger partial charge in [-0.25, -0.2) is 0 Å². The summed E-state index contributed by atoms with van der Waals surface area (Å²) in [5.41, 5.74) is 0. The Labute approximate surface area is 195 Å². The summed E-state index contributed by atoms with van der Waals surface area (Å²) in [6.45, 7) is 6.66. The largest absolute Gasteiger partial charge is 0.390 e. The van der Waals surface area contributed by atoms with E-state index in [1.165, 1.54) is 116 Å². The summed E-state index contributed by atoms with van der Waals surface area (Å²) in [6, 6.07) is 0. The molecule has 0 aromatic rings. The first kappa shape index (κ1) is 28.2. The minimum atomic E-state index is 0.264. The molecule has 2 atom stereocenters. The molecule has 3 nitrogen and oxygen atoms in total. The fourth-order valence-corrected chi connectivity index (χ4v) is 4.91. The molecular weight excluding hydrogens is 380 g/mol. The zero-order valence-electron chi connectivity index (χ0n) is 21.1. The van der Waals surface area contributed by atoms with Gasteiger partial charge in [0, 0.05) is 6.42 Å². The molecule has 1 aliphatic rings. The van der Waals surface area contributed by atoms with E-state index >= 15 is 0 Å². The molecule has 31 heavy (non-hydrogen) atoms. The second kappa shape index (κ2) is 19.9. The SMILES string of the molecule is CCCCCCCCCCCCCC/C=C/CCCCCC1NC=C[N+]1(CC)CCO. The van der Waals surface area contributed by atoms with Gasteiger partial charge in [-0.15, -0.1) is 0 Å². The highest BCUT2D eigenvalue weighted by Gasteiger charge is 2.35. The predicted octanol–water partition coefficient (Wildman–Crippen LogP) is 7.81. The molecule has 0 aliphatic carbocycles. The standard InChI is InChI=1S/C28H55N2O/c1-3-5-6-7-8-9-10-11-12-13-14-15-16-17-18-19-20-21-22-23-28-29-24-25-30(28,4-2)26-27-31/h17-18,24-25,28-29,31H,3-16,19-23,26-27H2,1-2H3/q+1/b18-17+. The van der Waals surface area contributed by atoms with Crippen molar-refractivity contribution in [1.82, 2.24) is 5.32 Å². The van der Waals surface area contributed by atoms with Crippen LogP contribution in [-0.4, -0.2) is 35.5 Å².